The molecular weight excluding hydrogens is 352 g/mol. The lowest BCUT2D eigenvalue weighted by atomic mass is 10.3. The van der Waals surface area contributed by atoms with Crippen molar-refractivity contribution in [3.63, 3.8) is 0 Å². The molecule has 1 amide bonds. The SMILES string of the molecule is Cc1nnc(SCC(=O)N(C)c2ccccc2)c2cc3sccc3n12. The minimum absolute atomic E-state index is 0.0325. The Hall–Kier alpha value is -2.38. The van der Waals surface area contributed by atoms with Gasteiger partial charge in [-0.3, -0.25) is 9.20 Å². The van der Waals surface area contributed by atoms with Crippen LogP contribution in [0.5, 0.6) is 0 Å². The number of rotatable bonds is 4. The maximum atomic E-state index is 12.5. The number of nitrogens with zero attached hydrogens (tertiary/aromatic N) is 4. The largest absolute Gasteiger partial charge is 0.315 e. The molecule has 3 aromatic heterocycles. The van der Waals surface area contributed by atoms with Crippen molar-refractivity contribution in [1.82, 2.24) is 14.6 Å². The van der Waals surface area contributed by atoms with Gasteiger partial charge in [-0.15, -0.1) is 21.5 Å². The number of hydrogen-bond donors (Lipinski definition) is 0. The van der Waals surface area contributed by atoms with Crippen molar-refractivity contribution in [3.05, 3.63) is 53.7 Å². The number of fused-ring (bicyclic) bond motifs is 3. The standard InChI is InChI=1S/C18H16N4OS2/c1-12-19-20-18(15-10-16-14(22(12)15)8-9-24-16)25-11-17(23)21(2)13-6-4-3-5-7-13/h3-10H,11H2,1-2H3. The molecule has 0 saturated carbocycles. The van der Waals surface area contributed by atoms with Crippen LogP contribution in [0.3, 0.4) is 0 Å². The molecule has 0 saturated heterocycles. The van der Waals surface area contributed by atoms with Gasteiger partial charge in [0.1, 0.15) is 10.9 Å². The van der Waals surface area contributed by atoms with E-state index in [9.17, 15) is 4.79 Å². The number of thioether (sulfide) groups is 1. The molecule has 126 valence electrons. The molecule has 0 N–H and O–H groups in total. The molecule has 4 aromatic rings. The zero-order chi connectivity index (χ0) is 17.4. The quantitative estimate of drug-likeness (QED) is 0.511. The lowest BCUT2D eigenvalue weighted by Crippen LogP contribution is -2.27. The Morgan fingerprint density at radius 2 is 2.00 bits per heavy atom. The minimum atomic E-state index is 0.0325. The molecule has 0 bridgehead atoms. The number of anilines is 1. The van der Waals surface area contributed by atoms with E-state index in [0.717, 1.165) is 27.6 Å². The van der Waals surface area contributed by atoms with Crippen molar-refractivity contribution in [2.75, 3.05) is 17.7 Å². The zero-order valence-electron chi connectivity index (χ0n) is 13.8. The Balaban J connectivity index is 1.59. The van der Waals surface area contributed by atoms with Crippen molar-refractivity contribution in [2.45, 2.75) is 11.9 Å². The van der Waals surface area contributed by atoms with Crippen LogP contribution in [-0.2, 0) is 4.79 Å². The summed E-state index contributed by atoms with van der Waals surface area (Å²) in [4.78, 5) is 14.2. The van der Waals surface area contributed by atoms with E-state index < -0.39 is 0 Å². The number of aromatic nitrogens is 3. The third kappa shape index (κ3) is 2.89. The summed E-state index contributed by atoms with van der Waals surface area (Å²) in [7, 11) is 1.79. The second-order valence-corrected chi connectivity index (χ2v) is 7.58. The number of amides is 1. The minimum Gasteiger partial charge on any atom is -0.315 e. The van der Waals surface area contributed by atoms with Crippen molar-refractivity contribution < 1.29 is 4.79 Å². The average Bonchev–Trinajstić information content (AvgIpc) is 3.22. The Morgan fingerprint density at radius 1 is 1.20 bits per heavy atom. The molecule has 0 fully saturated rings. The lowest BCUT2D eigenvalue weighted by Gasteiger charge is -2.16. The average molecular weight is 368 g/mol. The molecule has 25 heavy (non-hydrogen) atoms. The van der Waals surface area contributed by atoms with Crippen LogP contribution < -0.4 is 4.90 Å². The maximum Gasteiger partial charge on any atom is 0.237 e. The van der Waals surface area contributed by atoms with Gasteiger partial charge in [-0.25, -0.2) is 0 Å². The van der Waals surface area contributed by atoms with Gasteiger partial charge in [-0.05, 0) is 36.6 Å². The molecule has 3 heterocycles. The van der Waals surface area contributed by atoms with Crippen LogP contribution in [-0.4, -0.2) is 33.3 Å². The van der Waals surface area contributed by atoms with Gasteiger partial charge >= 0.3 is 0 Å². The van der Waals surface area contributed by atoms with Crippen LogP contribution >= 0.6 is 23.1 Å². The Bertz CT molecular complexity index is 1060. The highest BCUT2D eigenvalue weighted by atomic mass is 32.2. The highest BCUT2D eigenvalue weighted by molar-refractivity contribution is 8.00. The molecule has 0 aliphatic rings. The van der Waals surface area contributed by atoms with Crippen LogP contribution in [0.25, 0.3) is 15.7 Å². The molecule has 7 heteroatoms. The van der Waals surface area contributed by atoms with E-state index in [-0.39, 0.29) is 5.91 Å². The van der Waals surface area contributed by atoms with Gasteiger partial charge in [-0.2, -0.15) is 0 Å². The number of benzene rings is 1. The Kier molecular flexibility index (Phi) is 4.19. The summed E-state index contributed by atoms with van der Waals surface area (Å²) in [6.45, 7) is 1.94. The fourth-order valence-corrected chi connectivity index (χ4v) is 4.42. The van der Waals surface area contributed by atoms with E-state index in [4.69, 9.17) is 0 Å². The predicted octanol–water partition coefficient (Wildman–Crippen LogP) is 4.01. The molecular formula is C18H16N4OS2. The van der Waals surface area contributed by atoms with Crippen molar-refractivity contribution in [3.8, 4) is 0 Å². The van der Waals surface area contributed by atoms with Crippen molar-refractivity contribution in [2.24, 2.45) is 0 Å². The first kappa shape index (κ1) is 16.1. The van der Waals surface area contributed by atoms with Crippen LogP contribution in [0, 0.1) is 6.92 Å². The van der Waals surface area contributed by atoms with Gasteiger partial charge in [0.05, 0.1) is 21.5 Å². The number of hydrogen-bond acceptors (Lipinski definition) is 5. The fraction of sp³-hybridized carbons (Fsp3) is 0.167. The van der Waals surface area contributed by atoms with Crippen molar-refractivity contribution in [1.29, 1.82) is 0 Å². The summed E-state index contributed by atoms with van der Waals surface area (Å²) in [5, 5.41) is 11.4. The monoisotopic (exact) mass is 368 g/mol. The van der Waals surface area contributed by atoms with E-state index in [1.54, 1.807) is 23.3 Å². The molecule has 0 unspecified atom stereocenters. The normalized spacial score (nSPS) is 11.3. The van der Waals surface area contributed by atoms with Gasteiger partial charge in [0.15, 0.2) is 0 Å². The molecule has 0 aliphatic carbocycles. The van der Waals surface area contributed by atoms with Crippen LogP contribution in [0.4, 0.5) is 5.69 Å². The highest BCUT2D eigenvalue weighted by Crippen LogP contribution is 2.31. The first-order valence-corrected chi connectivity index (χ1v) is 9.68. The first-order valence-electron chi connectivity index (χ1n) is 7.81. The summed E-state index contributed by atoms with van der Waals surface area (Å²) in [6.07, 6.45) is 0. The molecule has 0 atom stereocenters. The van der Waals surface area contributed by atoms with E-state index in [0.29, 0.717) is 5.75 Å². The van der Waals surface area contributed by atoms with E-state index in [1.165, 1.54) is 16.5 Å². The fourth-order valence-electron chi connectivity index (χ4n) is 2.77. The van der Waals surface area contributed by atoms with Crippen LogP contribution in [0.15, 0.2) is 52.9 Å². The second kappa shape index (κ2) is 6.50. The summed E-state index contributed by atoms with van der Waals surface area (Å²) in [5.41, 5.74) is 3.04. The van der Waals surface area contributed by atoms with Gasteiger partial charge in [0, 0.05) is 12.7 Å². The maximum absolute atomic E-state index is 12.5. The molecule has 5 nitrogen and oxygen atoms in total. The second-order valence-electron chi connectivity index (χ2n) is 5.66. The van der Waals surface area contributed by atoms with E-state index in [2.05, 4.69) is 32.1 Å². The molecule has 4 rings (SSSR count). The Morgan fingerprint density at radius 3 is 2.80 bits per heavy atom. The lowest BCUT2D eigenvalue weighted by molar-refractivity contribution is -0.115. The number of carbonyl (C=O) groups excluding carboxylic acids is 1. The molecule has 0 aliphatic heterocycles. The first-order chi connectivity index (χ1) is 12.1. The zero-order valence-corrected chi connectivity index (χ0v) is 15.5. The topological polar surface area (TPSA) is 50.5 Å². The van der Waals surface area contributed by atoms with Gasteiger partial charge < -0.3 is 4.90 Å². The van der Waals surface area contributed by atoms with Gasteiger partial charge in [0.2, 0.25) is 5.91 Å². The number of para-hydroxylation sites is 1. The summed E-state index contributed by atoms with van der Waals surface area (Å²) in [5.74, 6) is 1.20. The third-order valence-corrected chi connectivity index (χ3v) is 5.91. The van der Waals surface area contributed by atoms with Crippen LogP contribution in [0.1, 0.15) is 5.82 Å². The van der Waals surface area contributed by atoms with Crippen LogP contribution in [0.2, 0.25) is 0 Å². The number of carbonyl (C=O) groups is 1. The Labute approximate surface area is 153 Å². The van der Waals surface area contributed by atoms with E-state index >= 15 is 0 Å². The van der Waals surface area contributed by atoms with Gasteiger partial charge in [0.25, 0.3) is 0 Å². The number of aryl methyl sites for hydroxylation is 1. The summed E-state index contributed by atoms with van der Waals surface area (Å²) < 4.78 is 3.31. The molecule has 0 radical (unpaired) electrons. The summed E-state index contributed by atoms with van der Waals surface area (Å²) >= 11 is 3.12. The van der Waals surface area contributed by atoms with Gasteiger partial charge in [-0.1, -0.05) is 30.0 Å². The highest BCUT2D eigenvalue weighted by Gasteiger charge is 2.16. The third-order valence-electron chi connectivity index (χ3n) is 4.10. The van der Waals surface area contributed by atoms with E-state index in [1.807, 2.05) is 37.3 Å². The van der Waals surface area contributed by atoms with Crippen molar-refractivity contribution >= 4 is 50.4 Å². The number of thiophene rings is 1. The molecule has 0 spiro atoms. The molecule has 1 aromatic carbocycles. The smallest absolute Gasteiger partial charge is 0.237 e. The predicted molar refractivity (Wildman–Crippen MR) is 104 cm³/mol. The summed E-state index contributed by atoms with van der Waals surface area (Å²) in [6, 6.07) is 13.8.